The molecule has 0 fully saturated rings. The average Bonchev–Trinajstić information content (AvgIpc) is 2.19. The van der Waals surface area contributed by atoms with Crippen LogP contribution in [0.5, 0.6) is 0 Å². The number of rotatable bonds is 4. The third-order valence-corrected chi connectivity index (χ3v) is 3.22. The molecule has 1 unspecified atom stereocenters. The van der Waals surface area contributed by atoms with Crippen LogP contribution >= 0.6 is 0 Å². The van der Waals surface area contributed by atoms with Crippen molar-refractivity contribution in [3.63, 3.8) is 0 Å². The van der Waals surface area contributed by atoms with Crippen LogP contribution in [0.3, 0.4) is 0 Å². The van der Waals surface area contributed by atoms with Crippen LogP contribution in [0.15, 0.2) is 30.3 Å². The molecule has 0 aliphatic rings. The second-order valence-corrected chi connectivity index (χ2v) is 6.63. The Morgan fingerprint density at radius 2 is 1.93 bits per heavy atom. The van der Waals surface area contributed by atoms with Crippen molar-refractivity contribution in [1.82, 2.24) is 4.98 Å². The van der Waals surface area contributed by atoms with E-state index in [0.717, 1.165) is 12.0 Å². The Labute approximate surface area is 93.4 Å². The number of carbonyl (C=O) groups is 1. The maximum Gasteiger partial charge on any atom is 0.219 e. The average molecular weight is 221 g/mol. The molecule has 1 rings (SSSR count). The Bertz CT molecular complexity index is 311. The fraction of sp³-hybridized carbons (Fsp3) is 0.417. The molecule has 82 valence electrons. The first kappa shape index (κ1) is 12.0. The zero-order chi connectivity index (χ0) is 11.3. The number of hydrogen-bond acceptors (Lipinski definition) is 1. The molecule has 1 aromatic carbocycles. The number of benzene rings is 1. The van der Waals surface area contributed by atoms with Crippen molar-refractivity contribution in [3.8, 4) is 0 Å². The molecule has 3 heteroatoms. The summed E-state index contributed by atoms with van der Waals surface area (Å²) in [5.74, 6) is 0.200. The first-order chi connectivity index (χ1) is 7.15. The molecule has 0 bridgehead atoms. The minimum atomic E-state index is -1.02. The van der Waals surface area contributed by atoms with Gasteiger partial charge in [-0.05, 0) is 12.0 Å². The predicted molar refractivity (Wildman–Crippen MR) is 66.5 cm³/mol. The molecule has 0 aliphatic heterocycles. The highest BCUT2D eigenvalue weighted by Crippen LogP contribution is 2.19. The van der Waals surface area contributed by atoms with E-state index in [4.69, 9.17) is 0 Å². The predicted octanol–water partition coefficient (Wildman–Crippen LogP) is 2.28. The second kappa shape index (κ2) is 5.71. The van der Waals surface area contributed by atoms with E-state index in [0.29, 0.717) is 0 Å². The summed E-state index contributed by atoms with van der Waals surface area (Å²) >= 11 is 0. The summed E-state index contributed by atoms with van der Waals surface area (Å²) in [7, 11) is -1.02. The van der Waals surface area contributed by atoms with E-state index in [1.165, 1.54) is 0 Å². The highest BCUT2D eigenvalue weighted by Gasteiger charge is 2.18. The lowest BCUT2D eigenvalue weighted by Gasteiger charge is -2.16. The Morgan fingerprint density at radius 1 is 1.33 bits per heavy atom. The summed E-state index contributed by atoms with van der Waals surface area (Å²) in [5.41, 5.74) is 1.12. The SMILES string of the molecule is CCC(C(=O)N[SiH](C)C)c1ccccc1. The molecule has 15 heavy (non-hydrogen) atoms. The summed E-state index contributed by atoms with van der Waals surface area (Å²) in [6, 6.07) is 9.99. The maximum atomic E-state index is 11.9. The number of carbonyl (C=O) groups excluding carboxylic acids is 1. The Kier molecular flexibility index (Phi) is 4.56. The van der Waals surface area contributed by atoms with Crippen molar-refractivity contribution < 1.29 is 4.79 Å². The van der Waals surface area contributed by atoms with Crippen LogP contribution in [0.2, 0.25) is 13.1 Å². The van der Waals surface area contributed by atoms with E-state index < -0.39 is 8.96 Å². The number of amides is 1. The van der Waals surface area contributed by atoms with Crippen LogP contribution in [0, 0.1) is 0 Å². The van der Waals surface area contributed by atoms with E-state index >= 15 is 0 Å². The van der Waals surface area contributed by atoms with E-state index in [1.54, 1.807) is 0 Å². The quantitative estimate of drug-likeness (QED) is 0.777. The Hall–Kier alpha value is -1.09. The van der Waals surface area contributed by atoms with Gasteiger partial charge in [0, 0.05) is 0 Å². The lowest BCUT2D eigenvalue weighted by molar-refractivity contribution is -0.121. The minimum Gasteiger partial charge on any atom is -0.385 e. The van der Waals surface area contributed by atoms with Crippen LogP contribution in [0.1, 0.15) is 24.8 Å². The van der Waals surface area contributed by atoms with Gasteiger partial charge in [-0.25, -0.2) is 0 Å². The van der Waals surface area contributed by atoms with Crippen molar-refractivity contribution in [2.75, 3.05) is 0 Å². The molecule has 0 saturated heterocycles. The van der Waals surface area contributed by atoms with Gasteiger partial charge in [-0.3, -0.25) is 4.79 Å². The van der Waals surface area contributed by atoms with Crippen molar-refractivity contribution >= 4 is 14.9 Å². The van der Waals surface area contributed by atoms with Crippen LogP contribution in [-0.2, 0) is 4.79 Å². The standard InChI is InChI=1S/C12H19NOSi/c1-4-11(12(14)13-15(2)3)10-8-6-5-7-9-10/h5-9,11,15H,4H2,1-3H3,(H,13,14). The summed E-state index contributed by atoms with van der Waals surface area (Å²) < 4.78 is 0. The van der Waals surface area contributed by atoms with Crippen molar-refractivity contribution in [2.45, 2.75) is 32.4 Å². The van der Waals surface area contributed by atoms with Gasteiger partial charge in [0.25, 0.3) is 0 Å². The third kappa shape index (κ3) is 3.51. The first-order valence-corrected chi connectivity index (χ1v) is 8.39. The van der Waals surface area contributed by atoms with Gasteiger partial charge in [0.1, 0.15) is 8.96 Å². The van der Waals surface area contributed by atoms with Crippen LogP contribution in [0.4, 0.5) is 0 Å². The lowest BCUT2D eigenvalue weighted by atomic mass is 9.96. The maximum absolute atomic E-state index is 11.9. The van der Waals surface area contributed by atoms with Gasteiger partial charge in [-0.2, -0.15) is 0 Å². The Balaban J connectivity index is 2.76. The molecule has 1 amide bonds. The molecule has 0 spiro atoms. The van der Waals surface area contributed by atoms with Crippen molar-refractivity contribution in [3.05, 3.63) is 35.9 Å². The third-order valence-electron chi connectivity index (χ3n) is 2.36. The van der Waals surface area contributed by atoms with Crippen molar-refractivity contribution in [1.29, 1.82) is 0 Å². The number of nitrogens with one attached hydrogen (secondary N) is 1. The van der Waals surface area contributed by atoms with Crippen molar-refractivity contribution in [2.24, 2.45) is 0 Å². The van der Waals surface area contributed by atoms with Gasteiger partial charge in [0.05, 0.1) is 5.92 Å². The molecule has 2 nitrogen and oxygen atoms in total. The van der Waals surface area contributed by atoms with Crippen LogP contribution in [0.25, 0.3) is 0 Å². The topological polar surface area (TPSA) is 29.1 Å². The monoisotopic (exact) mass is 221 g/mol. The van der Waals surface area contributed by atoms with Gasteiger partial charge in [0.15, 0.2) is 0 Å². The molecule has 0 heterocycles. The number of hydrogen-bond donors (Lipinski definition) is 1. The molecule has 0 aromatic heterocycles. The van der Waals surface area contributed by atoms with E-state index in [9.17, 15) is 4.79 Å². The first-order valence-electron chi connectivity index (χ1n) is 5.50. The molecule has 0 radical (unpaired) electrons. The molecule has 0 saturated carbocycles. The smallest absolute Gasteiger partial charge is 0.219 e. The van der Waals surface area contributed by atoms with E-state index in [1.807, 2.05) is 30.3 Å². The van der Waals surface area contributed by atoms with Gasteiger partial charge < -0.3 is 4.98 Å². The summed E-state index contributed by atoms with van der Waals surface area (Å²) in [4.78, 5) is 15.0. The molecular formula is C12H19NOSi. The fourth-order valence-corrected chi connectivity index (χ4v) is 2.41. The largest absolute Gasteiger partial charge is 0.385 e. The Morgan fingerprint density at radius 3 is 2.40 bits per heavy atom. The molecular weight excluding hydrogens is 202 g/mol. The molecule has 1 aromatic rings. The zero-order valence-corrected chi connectivity index (χ0v) is 10.8. The van der Waals surface area contributed by atoms with Gasteiger partial charge >= 0.3 is 0 Å². The molecule has 1 atom stereocenters. The van der Waals surface area contributed by atoms with Gasteiger partial charge in [0.2, 0.25) is 5.91 Å². The van der Waals surface area contributed by atoms with Crippen LogP contribution in [-0.4, -0.2) is 14.9 Å². The summed E-state index contributed by atoms with van der Waals surface area (Å²) in [5, 5.41) is 0. The van der Waals surface area contributed by atoms with Gasteiger partial charge in [-0.1, -0.05) is 50.3 Å². The fourth-order valence-electron chi connectivity index (χ4n) is 1.64. The van der Waals surface area contributed by atoms with Gasteiger partial charge in [-0.15, -0.1) is 0 Å². The van der Waals surface area contributed by atoms with E-state index in [2.05, 4.69) is 25.0 Å². The van der Waals surface area contributed by atoms with Crippen LogP contribution < -0.4 is 4.98 Å². The molecule has 0 aliphatic carbocycles. The minimum absolute atomic E-state index is 0.0149. The highest BCUT2D eigenvalue weighted by atomic mass is 28.3. The lowest BCUT2D eigenvalue weighted by Crippen LogP contribution is -2.37. The zero-order valence-electron chi connectivity index (χ0n) is 9.66. The summed E-state index contributed by atoms with van der Waals surface area (Å²) in [6.45, 7) is 6.30. The normalized spacial score (nSPS) is 12.5. The highest BCUT2D eigenvalue weighted by molar-refractivity contribution is 6.56. The molecule has 1 N–H and O–H groups in total. The van der Waals surface area contributed by atoms with E-state index in [-0.39, 0.29) is 11.8 Å². The summed E-state index contributed by atoms with van der Waals surface area (Å²) in [6.07, 6.45) is 0.858. The second-order valence-electron chi connectivity index (χ2n) is 4.03.